The summed E-state index contributed by atoms with van der Waals surface area (Å²) in [6.45, 7) is 2.10. The third-order valence-corrected chi connectivity index (χ3v) is 3.31. The van der Waals surface area contributed by atoms with Crippen molar-refractivity contribution in [1.82, 2.24) is 10.3 Å². The molecule has 0 aliphatic heterocycles. The molecule has 0 saturated carbocycles. The van der Waals surface area contributed by atoms with Crippen LogP contribution >= 0.6 is 11.6 Å². The Morgan fingerprint density at radius 3 is 2.70 bits per heavy atom. The molecule has 0 fully saturated rings. The zero-order valence-corrected chi connectivity index (χ0v) is 11.6. The van der Waals surface area contributed by atoms with Gasteiger partial charge in [0.1, 0.15) is 6.04 Å². The number of aromatic nitrogens is 1. The van der Waals surface area contributed by atoms with Gasteiger partial charge in [-0.15, -0.1) is 0 Å². The Balaban J connectivity index is 2.56. The number of fused-ring (bicyclic) bond motifs is 1. The molecule has 0 aliphatic rings. The second kappa shape index (κ2) is 5.97. The van der Waals surface area contributed by atoms with Crippen LogP contribution in [0.25, 0.3) is 10.9 Å². The molecule has 0 spiro atoms. The average Bonchev–Trinajstić information content (AvgIpc) is 2.40. The van der Waals surface area contributed by atoms with Crippen LogP contribution in [-0.2, 0) is 0 Å². The summed E-state index contributed by atoms with van der Waals surface area (Å²) >= 11 is 6.01. The number of halogens is 4. The van der Waals surface area contributed by atoms with Crippen LogP contribution in [0.15, 0.2) is 30.5 Å². The van der Waals surface area contributed by atoms with E-state index in [2.05, 4.69) is 10.3 Å². The molecule has 2 aromatic rings. The molecular weight excluding hydrogens is 289 g/mol. The van der Waals surface area contributed by atoms with Crippen LogP contribution in [0.4, 0.5) is 13.2 Å². The molecule has 0 bridgehead atoms. The topological polar surface area (TPSA) is 24.9 Å². The first-order chi connectivity index (χ1) is 9.45. The van der Waals surface area contributed by atoms with Gasteiger partial charge in [0, 0.05) is 22.2 Å². The minimum Gasteiger partial charge on any atom is -0.302 e. The van der Waals surface area contributed by atoms with Gasteiger partial charge in [-0.2, -0.15) is 13.2 Å². The highest BCUT2D eigenvalue weighted by Gasteiger charge is 2.41. The average molecular weight is 303 g/mol. The maximum Gasteiger partial charge on any atom is 0.407 e. The van der Waals surface area contributed by atoms with E-state index in [1.54, 1.807) is 12.1 Å². The first-order valence-electron chi connectivity index (χ1n) is 6.28. The Morgan fingerprint density at radius 2 is 2.05 bits per heavy atom. The van der Waals surface area contributed by atoms with Crippen molar-refractivity contribution in [2.75, 3.05) is 6.54 Å². The molecule has 1 atom stereocenters. The standard InChI is InChI=1S/C14H14ClF3N2/c1-2-7-20-13(14(16,17)18)10-5-6-11(15)9-4-3-8-19-12(9)10/h3-6,8,13,20H,2,7H2,1H3. The summed E-state index contributed by atoms with van der Waals surface area (Å²) in [5.41, 5.74) is 0.386. The lowest BCUT2D eigenvalue weighted by molar-refractivity contribution is -0.157. The molecule has 1 aromatic heterocycles. The van der Waals surface area contributed by atoms with Crippen LogP contribution in [0.5, 0.6) is 0 Å². The summed E-state index contributed by atoms with van der Waals surface area (Å²) in [7, 11) is 0. The van der Waals surface area contributed by atoms with Gasteiger partial charge in [-0.3, -0.25) is 4.98 Å². The van der Waals surface area contributed by atoms with E-state index in [0.29, 0.717) is 16.8 Å². The largest absolute Gasteiger partial charge is 0.407 e. The lowest BCUT2D eigenvalue weighted by Gasteiger charge is -2.23. The highest BCUT2D eigenvalue weighted by molar-refractivity contribution is 6.35. The van der Waals surface area contributed by atoms with E-state index in [0.717, 1.165) is 0 Å². The number of hydrogen-bond donors (Lipinski definition) is 1. The molecule has 2 nitrogen and oxygen atoms in total. The number of nitrogens with zero attached hydrogens (tertiary/aromatic N) is 1. The molecule has 1 N–H and O–H groups in total. The molecule has 1 heterocycles. The molecule has 0 aliphatic carbocycles. The molecule has 0 amide bonds. The highest BCUT2D eigenvalue weighted by atomic mass is 35.5. The fraction of sp³-hybridized carbons (Fsp3) is 0.357. The van der Waals surface area contributed by atoms with Gasteiger partial charge in [0.25, 0.3) is 0 Å². The molecule has 1 aromatic carbocycles. The number of nitrogens with one attached hydrogen (secondary N) is 1. The van der Waals surface area contributed by atoms with Crippen molar-refractivity contribution in [3.63, 3.8) is 0 Å². The second-order valence-electron chi connectivity index (χ2n) is 4.46. The summed E-state index contributed by atoms with van der Waals surface area (Å²) in [5.74, 6) is 0. The Morgan fingerprint density at radius 1 is 1.30 bits per heavy atom. The zero-order valence-electron chi connectivity index (χ0n) is 10.8. The summed E-state index contributed by atoms with van der Waals surface area (Å²) in [6.07, 6.45) is -2.30. The Hall–Kier alpha value is -1.33. The van der Waals surface area contributed by atoms with Gasteiger partial charge in [-0.25, -0.2) is 0 Å². The predicted octanol–water partition coefficient (Wildman–Crippen LogP) is 4.49. The van der Waals surface area contributed by atoms with Crippen LogP contribution in [0.3, 0.4) is 0 Å². The molecule has 20 heavy (non-hydrogen) atoms. The van der Waals surface area contributed by atoms with E-state index < -0.39 is 12.2 Å². The SMILES string of the molecule is CCCNC(c1ccc(Cl)c2cccnc12)C(F)(F)F. The van der Waals surface area contributed by atoms with Gasteiger partial charge < -0.3 is 5.32 Å². The predicted molar refractivity (Wildman–Crippen MR) is 73.8 cm³/mol. The zero-order chi connectivity index (χ0) is 14.8. The van der Waals surface area contributed by atoms with E-state index >= 15 is 0 Å². The minimum absolute atomic E-state index is 0.103. The fourth-order valence-corrected chi connectivity index (χ4v) is 2.30. The van der Waals surface area contributed by atoms with Crippen LogP contribution < -0.4 is 5.32 Å². The van der Waals surface area contributed by atoms with E-state index in [1.807, 2.05) is 6.92 Å². The smallest absolute Gasteiger partial charge is 0.302 e. The number of alkyl halides is 3. The third-order valence-electron chi connectivity index (χ3n) is 2.98. The van der Waals surface area contributed by atoms with Gasteiger partial charge in [-0.1, -0.05) is 24.6 Å². The molecule has 108 valence electrons. The molecule has 6 heteroatoms. The maximum atomic E-state index is 13.2. The van der Waals surface area contributed by atoms with E-state index in [9.17, 15) is 13.2 Å². The monoisotopic (exact) mass is 302 g/mol. The minimum atomic E-state index is -4.38. The number of hydrogen-bond acceptors (Lipinski definition) is 2. The number of rotatable bonds is 4. The van der Waals surface area contributed by atoms with Crippen LogP contribution in [-0.4, -0.2) is 17.7 Å². The molecule has 1 unspecified atom stereocenters. The fourth-order valence-electron chi connectivity index (χ4n) is 2.08. The van der Waals surface area contributed by atoms with Crippen molar-refractivity contribution in [2.24, 2.45) is 0 Å². The van der Waals surface area contributed by atoms with Crippen LogP contribution in [0.2, 0.25) is 5.02 Å². The van der Waals surface area contributed by atoms with Gasteiger partial charge in [-0.05, 0) is 31.2 Å². The summed E-state index contributed by atoms with van der Waals surface area (Å²) in [4.78, 5) is 4.06. The van der Waals surface area contributed by atoms with E-state index in [1.165, 1.54) is 18.3 Å². The van der Waals surface area contributed by atoms with E-state index in [-0.39, 0.29) is 17.6 Å². The molecule has 2 rings (SSSR count). The van der Waals surface area contributed by atoms with Crippen LogP contribution in [0.1, 0.15) is 24.9 Å². The number of benzene rings is 1. The van der Waals surface area contributed by atoms with Crippen molar-refractivity contribution < 1.29 is 13.2 Å². The summed E-state index contributed by atoms with van der Waals surface area (Å²) in [5, 5.41) is 3.45. The molecule has 0 radical (unpaired) electrons. The quantitative estimate of drug-likeness (QED) is 0.900. The van der Waals surface area contributed by atoms with Crippen molar-refractivity contribution in [2.45, 2.75) is 25.6 Å². The normalized spacial score (nSPS) is 13.7. The van der Waals surface area contributed by atoms with Gasteiger partial charge in [0.2, 0.25) is 0 Å². The Kier molecular flexibility index (Phi) is 4.50. The Bertz CT molecular complexity index is 598. The number of pyridine rings is 1. The molecule has 0 saturated heterocycles. The lowest BCUT2D eigenvalue weighted by atomic mass is 10.0. The van der Waals surface area contributed by atoms with Crippen molar-refractivity contribution in [3.05, 3.63) is 41.0 Å². The van der Waals surface area contributed by atoms with Crippen molar-refractivity contribution >= 4 is 22.5 Å². The lowest BCUT2D eigenvalue weighted by Crippen LogP contribution is -2.34. The first kappa shape index (κ1) is 15.1. The third kappa shape index (κ3) is 3.04. The second-order valence-corrected chi connectivity index (χ2v) is 4.87. The van der Waals surface area contributed by atoms with Crippen molar-refractivity contribution in [3.8, 4) is 0 Å². The summed E-state index contributed by atoms with van der Waals surface area (Å²) in [6, 6.07) is 4.45. The van der Waals surface area contributed by atoms with Crippen LogP contribution in [0, 0.1) is 0 Å². The first-order valence-corrected chi connectivity index (χ1v) is 6.66. The molecular formula is C14H14ClF3N2. The summed E-state index contributed by atoms with van der Waals surface area (Å²) < 4.78 is 39.7. The van der Waals surface area contributed by atoms with Gasteiger partial charge in [0.15, 0.2) is 0 Å². The van der Waals surface area contributed by atoms with E-state index in [4.69, 9.17) is 11.6 Å². The van der Waals surface area contributed by atoms with Gasteiger partial charge in [0.05, 0.1) is 5.52 Å². The Labute approximate surface area is 120 Å². The van der Waals surface area contributed by atoms with Crippen molar-refractivity contribution in [1.29, 1.82) is 0 Å². The van der Waals surface area contributed by atoms with Gasteiger partial charge >= 0.3 is 6.18 Å². The highest BCUT2D eigenvalue weighted by Crippen LogP contribution is 2.37. The maximum absolute atomic E-state index is 13.2.